The third-order valence-corrected chi connectivity index (χ3v) is 6.41. The van der Waals surface area contributed by atoms with E-state index in [0.29, 0.717) is 35.2 Å². The number of benzene rings is 2. The molecule has 3 aromatic rings. The zero-order valence-electron chi connectivity index (χ0n) is 18.6. The summed E-state index contributed by atoms with van der Waals surface area (Å²) in [6, 6.07) is 12.8. The van der Waals surface area contributed by atoms with Crippen molar-refractivity contribution in [3.63, 3.8) is 0 Å². The van der Waals surface area contributed by atoms with Gasteiger partial charge in [0.15, 0.2) is 5.82 Å². The number of rotatable bonds is 8. The van der Waals surface area contributed by atoms with Crippen LogP contribution in [0.2, 0.25) is 0 Å². The van der Waals surface area contributed by atoms with Gasteiger partial charge in [0.05, 0.1) is 17.8 Å². The lowest BCUT2D eigenvalue weighted by atomic mass is 10.1. The van der Waals surface area contributed by atoms with Gasteiger partial charge in [-0.05, 0) is 75.6 Å². The van der Waals surface area contributed by atoms with E-state index in [1.54, 1.807) is 18.2 Å². The van der Waals surface area contributed by atoms with Gasteiger partial charge < -0.3 is 14.0 Å². The van der Waals surface area contributed by atoms with Gasteiger partial charge in [-0.2, -0.15) is 0 Å². The molecule has 1 atom stereocenters. The van der Waals surface area contributed by atoms with E-state index in [2.05, 4.69) is 9.88 Å². The van der Waals surface area contributed by atoms with E-state index >= 15 is 4.39 Å². The van der Waals surface area contributed by atoms with Gasteiger partial charge in [0.25, 0.3) is 0 Å². The molecule has 1 heterocycles. The Morgan fingerprint density at radius 1 is 1.16 bits per heavy atom. The lowest BCUT2D eigenvalue weighted by Gasteiger charge is -2.14. The van der Waals surface area contributed by atoms with Crippen molar-refractivity contribution in [3.8, 4) is 17.0 Å². The van der Waals surface area contributed by atoms with Crippen LogP contribution < -0.4 is 10.1 Å². The number of ether oxygens (including phenoxy) is 2. The second kappa shape index (κ2) is 8.49. The highest BCUT2D eigenvalue weighted by Crippen LogP contribution is 2.39. The Kier molecular flexibility index (Phi) is 5.53. The molecular weight excluding hydrogens is 407 g/mol. The molecule has 2 aliphatic rings. The SMILES string of the molecule is CCOc1ccc2c(F)c(-c3ccc(NC(=O)O[C@H](C)C4CC4)cc3)n(CC3CC3)c2c1. The molecule has 2 saturated carbocycles. The highest BCUT2D eigenvalue weighted by molar-refractivity contribution is 5.90. The third kappa shape index (κ3) is 4.31. The number of nitrogens with one attached hydrogen (secondary N) is 1. The summed E-state index contributed by atoms with van der Waals surface area (Å²) >= 11 is 0. The van der Waals surface area contributed by atoms with E-state index in [-0.39, 0.29) is 11.9 Å². The van der Waals surface area contributed by atoms with Crippen LogP contribution in [0.15, 0.2) is 42.5 Å². The van der Waals surface area contributed by atoms with E-state index in [4.69, 9.17) is 9.47 Å². The van der Waals surface area contributed by atoms with Crippen LogP contribution in [0.25, 0.3) is 22.2 Å². The number of anilines is 1. The molecule has 2 aliphatic carbocycles. The number of carbonyl (C=O) groups is 1. The van der Waals surface area contributed by atoms with E-state index in [0.717, 1.165) is 36.2 Å². The molecule has 2 aromatic carbocycles. The van der Waals surface area contributed by atoms with Crippen LogP contribution in [0, 0.1) is 17.7 Å². The number of fused-ring (bicyclic) bond motifs is 1. The van der Waals surface area contributed by atoms with Gasteiger partial charge in [0.1, 0.15) is 11.9 Å². The van der Waals surface area contributed by atoms with Gasteiger partial charge in [-0.15, -0.1) is 0 Å². The molecule has 0 aliphatic heterocycles. The Morgan fingerprint density at radius 2 is 1.91 bits per heavy atom. The molecule has 32 heavy (non-hydrogen) atoms. The fourth-order valence-electron chi connectivity index (χ4n) is 4.26. The molecule has 5 nitrogen and oxygen atoms in total. The maximum Gasteiger partial charge on any atom is 0.411 e. The third-order valence-electron chi connectivity index (χ3n) is 6.41. The molecule has 1 N–H and O–H groups in total. The molecule has 5 rings (SSSR count). The van der Waals surface area contributed by atoms with E-state index in [9.17, 15) is 4.79 Å². The molecule has 6 heteroatoms. The average molecular weight is 437 g/mol. The van der Waals surface area contributed by atoms with Crippen LogP contribution in [0.1, 0.15) is 39.5 Å². The molecule has 0 bridgehead atoms. The van der Waals surface area contributed by atoms with Crippen LogP contribution in [-0.4, -0.2) is 23.4 Å². The standard InChI is InChI=1S/C26H29FN2O3/c1-3-31-21-12-13-22-23(14-21)29(15-17-4-5-17)25(24(22)27)19-8-10-20(11-9-19)28-26(30)32-16(2)18-6-7-18/h8-14,16-18H,3-7,15H2,1-2H3,(H,28,30)/t16-/m1/s1. The minimum Gasteiger partial charge on any atom is -0.494 e. The van der Waals surface area contributed by atoms with Crippen LogP contribution in [0.4, 0.5) is 14.9 Å². The predicted molar refractivity (Wildman–Crippen MR) is 124 cm³/mol. The quantitative estimate of drug-likeness (QED) is 0.433. The Balaban J connectivity index is 1.42. The summed E-state index contributed by atoms with van der Waals surface area (Å²) in [4.78, 5) is 12.1. The average Bonchev–Trinajstić information content (AvgIpc) is 3.68. The summed E-state index contributed by atoms with van der Waals surface area (Å²) in [5.41, 5.74) is 2.85. The van der Waals surface area contributed by atoms with Gasteiger partial charge in [-0.1, -0.05) is 12.1 Å². The number of hydrogen-bond acceptors (Lipinski definition) is 3. The zero-order chi connectivity index (χ0) is 22.2. The van der Waals surface area contributed by atoms with Crippen molar-refractivity contribution in [2.45, 2.75) is 52.2 Å². The molecule has 0 unspecified atom stereocenters. The van der Waals surface area contributed by atoms with Crippen molar-refractivity contribution >= 4 is 22.7 Å². The first-order chi connectivity index (χ1) is 15.5. The summed E-state index contributed by atoms with van der Waals surface area (Å²) in [6.07, 6.45) is 4.08. The monoisotopic (exact) mass is 436 g/mol. The lowest BCUT2D eigenvalue weighted by Crippen LogP contribution is -2.21. The van der Waals surface area contributed by atoms with Gasteiger partial charge >= 0.3 is 6.09 Å². The second-order valence-corrected chi connectivity index (χ2v) is 8.98. The molecule has 168 valence electrons. The van der Waals surface area contributed by atoms with Crippen molar-refractivity contribution in [1.82, 2.24) is 4.57 Å². The number of halogens is 1. The summed E-state index contributed by atoms with van der Waals surface area (Å²) in [5.74, 6) is 1.60. The summed E-state index contributed by atoms with van der Waals surface area (Å²) in [6.45, 7) is 5.23. The highest BCUT2D eigenvalue weighted by Gasteiger charge is 2.31. The summed E-state index contributed by atoms with van der Waals surface area (Å²) < 4.78 is 28.7. The molecule has 2 fully saturated rings. The topological polar surface area (TPSA) is 52.5 Å². The van der Waals surface area contributed by atoms with E-state index in [1.165, 1.54) is 12.8 Å². The summed E-state index contributed by atoms with van der Waals surface area (Å²) in [5, 5.41) is 3.38. The first-order valence-corrected chi connectivity index (χ1v) is 11.6. The van der Waals surface area contributed by atoms with Crippen LogP contribution in [-0.2, 0) is 11.3 Å². The lowest BCUT2D eigenvalue weighted by molar-refractivity contribution is 0.108. The van der Waals surface area contributed by atoms with Crippen LogP contribution >= 0.6 is 0 Å². The van der Waals surface area contributed by atoms with Crippen LogP contribution in [0.3, 0.4) is 0 Å². The second-order valence-electron chi connectivity index (χ2n) is 8.98. The molecule has 0 spiro atoms. The predicted octanol–water partition coefficient (Wildman–Crippen LogP) is 6.60. The minimum absolute atomic E-state index is 0.0666. The first-order valence-electron chi connectivity index (χ1n) is 11.6. The maximum absolute atomic E-state index is 15.5. The number of aromatic nitrogens is 1. The Labute approximate surface area is 187 Å². The van der Waals surface area contributed by atoms with Gasteiger partial charge in [0, 0.05) is 29.2 Å². The maximum atomic E-state index is 15.5. The number of nitrogens with zero attached hydrogens (tertiary/aromatic N) is 1. The molecular formula is C26H29FN2O3. The van der Waals surface area contributed by atoms with Crippen molar-refractivity contribution in [2.75, 3.05) is 11.9 Å². The smallest absolute Gasteiger partial charge is 0.411 e. The fraction of sp³-hybridized carbons (Fsp3) is 0.423. The molecule has 1 amide bonds. The van der Waals surface area contributed by atoms with E-state index < -0.39 is 6.09 Å². The van der Waals surface area contributed by atoms with Crippen molar-refractivity contribution in [2.24, 2.45) is 11.8 Å². The number of hydrogen-bond donors (Lipinski definition) is 1. The first kappa shape index (κ1) is 20.9. The van der Waals surface area contributed by atoms with E-state index in [1.807, 2.05) is 38.1 Å². The fourth-order valence-corrected chi connectivity index (χ4v) is 4.26. The minimum atomic E-state index is -0.449. The zero-order valence-corrected chi connectivity index (χ0v) is 18.6. The van der Waals surface area contributed by atoms with Gasteiger partial charge in [-0.25, -0.2) is 9.18 Å². The summed E-state index contributed by atoms with van der Waals surface area (Å²) in [7, 11) is 0. The Bertz CT molecular complexity index is 1130. The number of amides is 1. The van der Waals surface area contributed by atoms with Crippen molar-refractivity contribution < 1.29 is 18.7 Å². The van der Waals surface area contributed by atoms with Crippen molar-refractivity contribution in [1.29, 1.82) is 0 Å². The highest BCUT2D eigenvalue weighted by atomic mass is 19.1. The number of carbonyl (C=O) groups excluding carboxylic acids is 1. The Morgan fingerprint density at radius 3 is 2.56 bits per heavy atom. The molecule has 0 radical (unpaired) electrons. The molecule has 1 aromatic heterocycles. The van der Waals surface area contributed by atoms with Crippen LogP contribution in [0.5, 0.6) is 5.75 Å². The molecule has 0 saturated heterocycles. The largest absolute Gasteiger partial charge is 0.494 e. The normalized spacial score (nSPS) is 16.7. The Hall–Kier alpha value is -3.02. The van der Waals surface area contributed by atoms with Crippen molar-refractivity contribution in [3.05, 3.63) is 48.3 Å². The van der Waals surface area contributed by atoms with Gasteiger partial charge in [-0.3, -0.25) is 5.32 Å². The van der Waals surface area contributed by atoms with Gasteiger partial charge in [0.2, 0.25) is 0 Å².